The fraction of sp³-hybridized carbons (Fsp3) is 0.400. The number of halogens is 3. The summed E-state index contributed by atoms with van der Waals surface area (Å²) in [5, 5.41) is 7.90. The molecular formula is C10H12F3N3OS. The molecule has 1 heterocycles. The molecule has 0 aliphatic carbocycles. The van der Waals surface area contributed by atoms with Gasteiger partial charge in [-0.05, 0) is 24.8 Å². The lowest BCUT2D eigenvalue weighted by molar-refractivity contribution is -0.141. The van der Waals surface area contributed by atoms with Crippen LogP contribution in [-0.2, 0) is 16.3 Å². The Balaban J connectivity index is 3.08. The summed E-state index contributed by atoms with van der Waals surface area (Å²) in [7, 11) is -2.87. The van der Waals surface area contributed by atoms with E-state index in [0.717, 1.165) is 12.3 Å². The SMILES string of the molecule is C[C@@H](c1ccc(C(F)(F)F)nc1)[SH](C)(O)=NC#N. The highest BCUT2D eigenvalue weighted by atomic mass is 32.3. The van der Waals surface area contributed by atoms with Gasteiger partial charge in [0.15, 0.2) is 0 Å². The van der Waals surface area contributed by atoms with Gasteiger partial charge in [-0.3, -0.25) is 4.98 Å². The standard InChI is InChI=1S/C10H12F3N3OS/c1-7(18(2,17)16-6-14)8-3-4-9(15-5-8)10(11,12)13/h3-5,7,18H,1-2H3,(H,16,17)/t7-/m0/s1. The van der Waals surface area contributed by atoms with Gasteiger partial charge < -0.3 is 4.55 Å². The van der Waals surface area contributed by atoms with Crippen molar-refractivity contribution in [3.05, 3.63) is 29.6 Å². The lowest BCUT2D eigenvalue weighted by Gasteiger charge is -2.24. The minimum absolute atomic E-state index is 0.417. The van der Waals surface area contributed by atoms with Gasteiger partial charge in [-0.15, -0.1) is 4.36 Å². The van der Waals surface area contributed by atoms with Crippen LogP contribution in [0.1, 0.15) is 23.4 Å². The van der Waals surface area contributed by atoms with E-state index in [1.807, 2.05) is 0 Å². The van der Waals surface area contributed by atoms with Gasteiger partial charge in [0.1, 0.15) is 5.69 Å². The number of alkyl halides is 3. The highest BCUT2D eigenvalue weighted by Crippen LogP contribution is 2.30. The molecular weight excluding hydrogens is 267 g/mol. The molecule has 18 heavy (non-hydrogen) atoms. The second kappa shape index (κ2) is 5.04. The van der Waals surface area contributed by atoms with Crippen molar-refractivity contribution in [2.24, 2.45) is 4.36 Å². The van der Waals surface area contributed by atoms with E-state index in [0.29, 0.717) is 5.56 Å². The predicted octanol–water partition coefficient (Wildman–Crippen LogP) is 2.82. The fourth-order valence-electron chi connectivity index (χ4n) is 1.28. The zero-order valence-corrected chi connectivity index (χ0v) is 10.6. The van der Waals surface area contributed by atoms with Crippen LogP contribution in [0.15, 0.2) is 22.7 Å². The molecule has 0 aromatic carbocycles. The maximum atomic E-state index is 12.3. The highest BCUT2D eigenvalue weighted by molar-refractivity contribution is 7.99. The van der Waals surface area contributed by atoms with E-state index in [9.17, 15) is 17.7 Å². The Kier molecular flexibility index (Phi) is 4.09. The zero-order chi connectivity index (χ0) is 14.0. The van der Waals surface area contributed by atoms with Crippen LogP contribution in [0.4, 0.5) is 13.2 Å². The molecule has 1 N–H and O–H groups in total. The molecule has 8 heteroatoms. The third kappa shape index (κ3) is 3.27. The van der Waals surface area contributed by atoms with E-state index in [4.69, 9.17) is 5.26 Å². The summed E-state index contributed by atoms with van der Waals surface area (Å²) in [6.07, 6.45) is -0.506. The first kappa shape index (κ1) is 14.6. The first-order chi connectivity index (χ1) is 8.18. The Hall–Kier alpha value is -1.46. The first-order valence-corrected chi connectivity index (χ1v) is 7.13. The van der Waals surface area contributed by atoms with E-state index >= 15 is 0 Å². The molecule has 0 aliphatic rings. The lowest BCUT2D eigenvalue weighted by Crippen LogP contribution is -2.16. The minimum atomic E-state index is -4.49. The van der Waals surface area contributed by atoms with Gasteiger partial charge in [0.05, 0.1) is 0 Å². The number of nitriles is 1. The monoisotopic (exact) mass is 279 g/mol. The van der Waals surface area contributed by atoms with Crippen molar-refractivity contribution in [2.45, 2.75) is 18.3 Å². The largest absolute Gasteiger partial charge is 0.433 e. The summed E-state index contributed by atoms with van der Waals surface area (Å²) in [5.41, 5.74) is -0.575. The summed E-state index contributed by atoms with van der Waals surface area (Å²) in [6.45, 7) is 1.60. The van der Waals surface area contributed by atoms with E-state index < -0.39 is 27.2 Å². The number of nitrogens with zero attached hydrogens (tertiary/aromatic N) is 3. The van der Waals surface area contributed by atoms with Crippen LogP contribution in [0.5, 0.6) is 0 Å². The molecule has 0 fully saturated rings. The number of hydrogen-bond acceptors (Lipinski definition) is 3. The van der Waals surface area contributed by atoms with E-state index in [-0.39, 0.29) is 0 Å². The topological polar surface area (TPSA) is 69.3 Å². The molecule has 4 nitrogen and oxygen atoms in total. The Labute approximate surface area is 103 Å². The van der Waals surface area contributed by atoms with Crippen LogP contribution in [-0.4, -0.2) is 15.8 Å². The van der Waals surface area contributed by atoms with Crippen LogP contribution in [0.25, 0.3) is 0 Å². The molecule has 0 saturated heterocycles. The summed E-state index contributed by atoms with van der Waals surface area (Å²) in [5.74, 6) is 0. The second-order valence-corrected chi connectivity index (χ2v) is 6.76. The maximum Gasteiger partial charge on any atom is 0.433 e. The van der Waals surface area contributed by atoms with E-state index in [1.54, 1.807) is 6.92 Å². The van der Waals surface area contributed by atoms with Gasteiger partial charge >= 0.3 is 6.18 Å². The molecule has 0 bridgehead atoms. The van der Waals surface area contributed by atoms with Crippen LogP contribution in [0.2, 0.25) is 0 Å². The zero-order valence-electron chi connectivity index (χ0n) is 9.68. The smallest absolute Gasteiger partial charge is 0.343 e. The van der Waals surface area contributed by atoms with Crippen molar-refractivity contribution < 1.29 is 17.7 Å². The summed E-state index contributed by atoms with van der Waals surface area (Å²) in [6, 6.07) is 2.08. The molecule has 0 amide bonds. The quantitative estimate of drug-likeness (QED) is 0.646. The molecule has 1 aromatic rings. The number of thiol groups is 1. The van der Waals surface area contributed by atoms with E-state index in [2.05, 4.69) is 9.35 Å². The van der Waals surface area contributed by atoms with Crippen LogP contribution >= 0.6 is 0 Å². The van der Waals surface area contributed by atoms with Crippen molar-refractivity contribution in [3.8, 4) is 6.19 Å². The normalized spacial score (nSPS) is 14.7. The highest BCUT2D eigenvalue weighted by Gasteiger charge is 2.32. The average Bonchev–Trinajstić information content (AvgIpc) is 2.27. The van der Waals surface area contributed by atoms with Crippen LogP contribution in [0.3, 0.4) is 0 Å². The van der Waals surface area contributed by atoms with Crippen molar-refractivity contribution >= 4 is 10.1 Å². The Bertz CT molecular complexity index is 513. The number of aromatic nitrogens is 1. The summed E-state index contributed by atoms with van der Waals surface area (Å²) in [4.78, 5) is 3.30. The van der Waals surface area contributed by atoms with Crippen molar-refractivity contribution in [1.29, 1.82) is 5.26 Å². The number of rotatable bonds is 2. The maximum absolute atomic E-state index is 12.3. The molecule has 1 aromatic heterocycles. The Morgan fingerprint density at radius 2 is 2.11 bits per heavy atom. The number of hydrogen-bond donors (Lipinski definition) is 2. The molecule has 0 spiro atoms. The fourth-order valence-corrected chi connectivity index (χ4v) is 2.35. The molecule has 1 rings (SSSR count). The Morgan fingerprint density at radius 1 is 1.50 bits per heavy atom. The second-order valence-electron chi connectivity index (χ2n) is 3.83. The van der Waals surface area contributed by atoms with Crippen molar-refractivity contribution in [2.75, 3.05) is 6.26 Å². The molecule has 0 saturated carbocycles. The summed E-state index contributed by atoms with van der Waals surface area (Å²) < 4.78 is 50.3. The van der Waals surface area contributed by atoms with E-state index in [1.165, 1.54) is 18.5 Å². The average molecular weight is 279 g/mol. The first-order valence-electron chi connectivity index (χ1n) is 4.92. The van der Waals surface area contributed by atoms with Gasteiger partial charge in [-0.1, -0.05) is 16.2 Å². The minimum Gasteiger partial charge on any atom is -0.343 e. The Morgan fingerprint density at radius 3 is 2.50 bits per heavy atom. The van der Waals surface area contributed by atoms with Gasteiger partial charge in [0.25, 0.3) is 0 Å². The van der Waals surface area contributed by atoms with Crippen LogP contribution in [0, 0.1) is 11.5 Å². The van der Waals surface area contributed by atoms with Crippen molar-refractivity contribution in [1.82, 2.24) is 4.98 Å². The molecule has 0 radical (unpaired) electrons. The van der Waals surface area contributed by atoms with Gasteiger partial charge in [-0.2, -0.15) is 18.4 Å². The molecule has 100 valence electrons. The van der Waals surface area contributed by atoms with Gasteiger partial charge in [0, 0.05) is 11.4 Å². The number of pyridine rings is 1. The van der Waals surface area contributed by atoms with Crippen LogP contribution < -0.4 is 0 Å². The van der Waals surface area contributed by atoms with Crippen molar-refractivity contribution in [3.63, 3.8) is 0 Å². The van der Waals surface area contributed by atoms with Gasteiger partial charge in [0.2, 0.25) is 6.19 Å². The summed E-state index contributed by atoms with van der Waals surface area (Å²) >= 11 is 0. The predicted molar refractivity (Wildman–Crippen MR) is 63.0 cm³/mol. The molecule has 0 aliphatic heterocycles. The lowest BCUT2D eigenvalue weighted by atomic mass is 10.2. The molecule has 1 atom stereocenters. The molecule has 0 unspecified atom stereocenters. The van der Waals surface area contributed by atoms with Gasteiger partial charge in [-0.25, -0.2) is 0 Å². The third-order valence-electron chi connectivity index (χ3n) is 2.54. The third-order valence-corrected chi connectivity index (χ3v) is 4.80.